The van der Waals surface area contributed by atoms with Gasteiger partial charge in [0.1, 0.15) is 0 Å². The van der Waals surface area contributed by atoms with E-state index in [9.17, 15) is 4.79 Å². The number of nitrogens with zero attached hydrogens (tertiary/aromatic N) is 2. The molecule has 5 heteroatoms. The minimum atomic E-state index is -0.147. The summed E-state index contributed by atoms with van der Waals surface area (Å²) in [6.07, 6.45) is 5.70. The number of aromatic nitrogens is 3. The first-order valence-electron chi connectivity index (χ1n) is 5.51. The van der Waals surface area contributed by atoms with Crippen molar-refractivity contribution in [1.82, 2.24) is 20.5 Å². The number of aromatic amines is 1. The van der Waals surface area contributed by atoms with Crippen LogP contribution in [-0.4, -0.2) is 21.1 Å². The lowest BCUT2D eigenvalue weighted by Crippen LogP contribution is -2.23. The second-order valence-corrected chi connectivity index (χ2v) is 3.63. The molecule has 2 rings (SSSR count). The lowest BCUT2D eigenvalue weighted by molar-refractivity contribution is 0.0950. The minimum absolute atomic E-state index is 0.147. The molecule has 0 spiro atoms. The third kappa shape index (κ3) is 2.69. The minimum Gasteiger partial charge on any atom is -0.346 e. The van der Waals surface area contributed by atoms with E-state index in [1.165, 1.54) is 6.20 Å². The Hall–Kier alpha value is -2.17. The Morgan fingerprint density at radius 1 is 1.53 bits per heavy atom. The topological polar surface area (TPSA) is 70.7 Å². The first kappa shape index (κ1) is 11.3. The predicted molar refractivity (Wildman–Crippen MR) is 63.4 cm³/mol. The zero-order valence-electron chi connectivity index (χ0n) is 9.60. The largest absolute Gasteiger partial charge is 0.346 e. The molecule has 2 heterocycles. The monoisotopic (exact) mass is 230 g/mol. The van der Waals surface area contributed by atoms with E-state index in [1.807, 2.05) is 12.1 Å². The molecule has 2 N–H and O–H groups in total. The number of hydrogen-bond acceptors (Lipinski definition) is 3. The molecule has 88 valence electrons. The van der Waals surface area contributed by atoms with Crippen molar-refractivity contribution in [3.8, 4) is 0 Å². The van der Waals surface area contributed by atoms with Crippen molar-refractivity contribution < 1.29 is 4.79 Å². The quantitative estimate of drug-likeness (QED) is 0.831. The average molecular weight is 230 g/mol. The van der Waals surface area contributed by atoms with Gasteiger partial charge in [-0.15, -0.1) is 0 Å². The van der Waals surface area contributed by atoms with Crippen molar-refractivity contribution in [1.29, 1.82) is 0 Å². The van der Waals surface area contributed by atoms with Gasteiger partial charge in [-0.1, -0.05) is 13.0 Å². The van der Waals surface area contributed by atoms with Gasteiger partial charge < -0.3 is 5.32 Å². The Balaban J connectivity index is 2.00. The van der Waals surface area contributed by atoms with Crippen molar-refractivity contribution >= 4 is 5.91 Å². The SMILES string of the molecule is CCc1cccnc1CNC(=O)c1cn[nH]c1. The number of hydrogen-bond donors (Lipinski definition) is 2. The standard InChI is InChI=1S/C12H14N4O/c1-2-9-4-3-5-13-11(9)8-14-12(17)10-6-15-16-7-10/h3-7H,2,8H2,1H3,(H,14,17)(H,15,16). The van der Waals surface area contributed by atoms with Gasteiger partial charge in [-0.25, -0.2) is 0 Å². The molecule has 2 aromatic heterocycles. The molecule has 2 aromatic rings. The summed E-state index contributed by atoms with van der Waals surface area (Å²) in [5.74, 6) is -0.147. The predicted octanol–water partition coefficient (Wildman–Crippen LogP) is 1.30. The Morgan fingerprint density at radius 2 is 2.41 bits per heavy atom. The molecule has 1 amide bonds. The molecule has 0 fully saturated rings. The van der Waals surface area contributed by atoms with Crippen LogP contribution in [0.4, 0.5) is 0 Å². The number of carbonyl (C=O) groups excluding carboxylic acids is 1. The first-order chi connectivity index (χ1) is 8.31. The summed E-state index contributed by atoms with van der Waals surface area (Å²) in [6.45, 7) is 2.51. The van der Waals surface area contributed by atoms with Gasteiger partial charge in [0.15, 0.2) is 0 Å². The van der Waals surface area contributed by atoms with Gasteiger partial charge in [0.2, 0.25) is 0 Å². The maximum atomic E-state index is 11.7. The third-order valence-corrected chi connectivity index (χ3v) is 2.54. The zero-order chi connectivity index (χ0) is 12.1. The molecule has 0 aromatic carbocycles. The van der Waals surface area contributed by atoms with E-state index in [2.05, 4.69) is 27.4 Å². The highest BCUT2D eigenvalue weighted by atomic mass is 16.1. The highest BCUT2D eigenvalue weighted by molar-refractivity contribution is 5.93. The fourth-order valence-electron chi connectivity index (χ4n) is 1.59. The highest BCUT2D eigenvalue weighted by Crippen LogP contribution is 2.06. The second kappa shape index (κ2) is 5.25. The molecule has 5 nitrogen and oxygen atoms in total. The van der Waals surface area contributed by atoms with E-state index < -0.39 is 0 Å². The molecule has 0 saturated carbocycles. The molecule has 0 aliphatic rings. The van der Waals surface area contributed by atoms with Crippen LogP contribution >= 0.6 is 0 Å². The lowest BCUT2D eigenvalue weighted by Gasteiger charge is -2.07. The molecule has 0 saturated heterocycles. The molecule has 0 bridgehead atoms. The fraction of sp³-hybridized carbons (Fsp3) is 0.250. The van der Waals surface area contributed by atoms with Crippen LogP contribution in [-0.2, 0) is 13.0 Å². The summed E-state index contributed by atoms with van der Waals surface area (Å²) < 4.78 is 0. The molecule has 0 aliphatic heterocycles. The number of carbonyl (C=O) groups is 1. The van der Waals surface area contributed by atoms with Crippen LogP contribution in [0.5, 0.6) is 0 Å². The van der Waals surface area contributed by atoms with E-state index in [-0.39, 0.29) is 5.91 Å². The Bertz CT molecular complexity index is 493. The van der Waals surface area contributed by atoms with Gasteiger partial charge in [0.25, 0.3) is 5.91 Å². The average Bonchev–Trinajstić information content (AvgIpc) is 2.90. The van der Waals surface area contributed by atoms with Gasteiger partial charge in [0, 0.05) is 12.4 Å². The molecule has 0 unspecified atom stereocenters. The summed E-state index contributed by atoms with van der Waals surface area (Å²) in [6, 6.07) is 3.92. The van der Waals surface area contributed by atoms with Crippen LogP contribution in [0.3, 0.4) is 0 Å². The van der Waals surface area contributed by atoms with Crippen LogP contribution in [0.25, 0.3) is 0 Å². The van der Waals surface area contributed by atoms with Crippen molar-refractivity contribution in [2.75, 3.05) is 0 Å². The maximum Gasteiger partial charge on any atom is 0.254 e. The van der Waals surface area contributed by atoms with Crippen LogP contribution in [0.1, 0.15) is 28.5 Å². The van der Waals surface area contributed by atoms with E-state index in [1.54, 1.807) is 12.4 Å². The van der Waals surface area contributed by atoms with Gasteiger partial charge >= 0.3 is 0 Å². The Kier molecular flexibility index (Phi) is 3.49. The zero-order valence-corrected chi connectivity index (χ0v) is 9.60. The smallest absolute Gasteiger partial charge is 0.254 e. The number of H-pyrrole nitrogens is 1. The summed E-state index contributed by atoms with van der Waals surface area (Å²) in [5.41, 5.74) is 2.59. The van der Waals surface area contributed by atoms with E-state index in [4.69, 9.17) is 0 Å². The van der Waals surface area contributed by atoms with Gasteiger partial charge in [-0.05, 0) is 18.1 Å². The summed E-state index contributed by atoms with van der Waals surface area (Å²) in [5, 5.41) is 9.15. The Labute approximate surface area is 99.3 Å². The number of pyridine rings is 1. The van der Waals surface area contributed by atoms with Crippen molar-refractivity contribution in [2.24, 2.45) is 0 Å². The normalized spacial score (nSPS) is 10.2. The third-order valence-electron chi connectivity index (χ3n) is 2.54. The summed E-state index contributed by atoms with van der Waals surface area (Å²) in [7, 11) is 0. The summed E-state index contributed by atoms with van der Waals surface area (Å²) >= 11 is 0. The highest BCUT2D eigenvalue weighted by Gasteiger charge is 2.07. The van der Waals surface area contributed by atoms with Crippen molar-refractivity contribution in [2.45, 2.75) is 19.9 Å². The number of aryl methyl sites for hydroxylation is 1. The van der Waals surface area contributed by atoms with E-state index in [0.29, 0.717) is 12.1 Å². The fourth-order valence-corrected chi connectivity index (χ4v) is 1.59. The first-order valence-corrected chi connectivity index (χ1v) is 5.51. The molecule has 0 atom stereocenters. The van der Waals surface area contributed by atoms with Gasteiger partial charge in [0.05, 0.1) is 24.0 Å². The van der Waals surface area contributed by atoms with Crippen LogP contribution < -0.4 is 5.32 Å². The maximum absolute atomic E-state index is 11.7. The van der Waals surface area contributed by atoms with Crippen molar-refractivity contribution in [3.63, 3.8) is 0 Å². The van der Waals surface area contributed by atoms with E-state index in [0.717, 1.165) is 17.7 Å². The summed E-state index contributed by atoms with van der Waals surface area (Å²) in [4.78, 5) is 15.9. The molecule has 0 radical (unpaired) electrons. The number of nitrogens with one attached hydrogen (secondary N) is 2. The van der Waals surface area contributed by atoms with Crippen LogP contribution in [0, 0.1) is 0 Å². The van der Waals surface area contributed by atoms with Gasteiger partial charge in [-0.3, -0.25) is 14.9 Å². The van der Waals surface area contributed by atoms with Crippen LogP contribution in [0.2, 0.25) is 0 Å². The molecular formula is C12H14N4O. The lowest BCUT2D eigenvalue weighted by atomic mass is 10.1. The van der Waals surface area contributed by atoms with Crippen LogP contribution in [0.15, 0.2) is 30.7 Å². The molecule has 0 aliphatic carbocycles. The van der Waals surface area contributed by atoms with Crippen molar-refractivity contribution in [3.05, 3.63) is 47.5 Å². The van der Waals surface area contributed by atoms with E-state index >= 15 is 0 Å². The number of rotatable bonds is 4. The molecular weight excluding hydrogens is 216 g/mol. The van der Waals surface area contributed by atoms with Gasteiger partial charge in [-0.2, -0.15) is 5.10 Å². The Morgan fingerprint density at radius 3 is 3.12 bits per heavy atom. The number of amides is 1. The molecule has 17 heavy (non-hydrogen) atoms. The second-order valence-electron chi connectivity index (χ2n) is 3.63.